The summed E-state index contributed by atoms with van der Waals surface area (Å²) in [6.07, 6.45) is 38.9. The van der Waals surface area contributed by atoms with Gasteiger partial charge in [0.25, 0.3) is 0 Å². The highest BCUT2D eigenvalue weighted by Crippen LogP contribution is 2.14. The molecule has 0 spiro atoms. The molecular weight excluding hydrogens is 745 g/mol. The number of esters is 2. The highest BCUT2D eigenvalue weighted by molar-refractivity contribution is 5.69. The Balaban J connectivity index is 1.66. The van der Waals surface area contributed by atoms with E-state index in [-0.39, 0.29) is 11.9 Å². The molecule has 0 unspecified atom stereocenters. The third-order valence-electron chi connectivity index (χ3n) is 11.7. The number of aromatic nitrogens is 2. The third kappa shape index (κ3) is 32.9. The maximum atomic E-state index is 12.3. The fraction of sp³-hybridized carbons (Fsp3) is 0.769. The van der Waals surface area contributed by atoms with Crippen LogP contribution >= 0.6 is 0 Å². The maximum Gasteiger partial charge on any atom is 0.305 e. The van der Waals surface area contributed by atoms with Crippen molar-refractivity contribution in [2.45, 2.75) is 220 Å². The summed E-state index contributed by atoms with van der Waals surface area (Å²) >= 11 is 0. The molecule has 0 aliphatic carbocycles. The van der Waals surface area contributed by atoms with Crippen LogP contribution in [-0.4, -0.2) is 71.1 Å². The van der Waals surface area contributed by atoms with Crippen molar-refractivity contribution in [1.82, 2.24) is 19.8 Å². The summed E-state index contributed by atoms with van der Waals surface area (Å²) in [6.45, 7) is 11.4. The summed E-state index contributed by atoms with van der Waals surface area (Å²) in [7, 11) is 0. The molecule has 0 bridgehead atoms. The number of pyridine rings is 2. The van der Waals surface area contributed by atoms with Gasteiger partial charge in [-0.05, 0) is 75.9 Å². The number of carbonyl (C=O) groups excluding carboxylic acids is 2. The fourth-order valence-electron chi connectivity index (χ4n) is 7.89. The second-order valence-electron chi connectivity index (χ2n) is 17.3. The Morgan fingerprint density at radius 2 is 0.767 bits per heavy atom. The Morgan fingerprint density at radius 3 is 1.15 bits per heavy atom. The summed E-state index contributed by atoms with van der Waals surface area (Å²) < 4.78 is 11.0. The van der Waals surface area contributed by atoms with Crippen LogP contribution in [0.2, 0.25) is 0 Å². The Labute approximate surface area is 368 Å². The van der Waals surface area contributed by atoms with E-state index in [1.165, 1.54) is 128 Å². The lowest BCUT2D eigenvalue weighted by Crippen LogP contribution is -2.36. The summed E-state index contributed by atoms with van der Waals surface area (Å²) in [4.78, 5) is 38.9. The molecule has 0 aromatic carbocycles. The Hall–Kier alpha value is -2.84. The first-order valence-corrected chi connectivity index (χ1v) is 25.2. The van der Waals surface area contributed by atoms with Crippen molar-refractivity contribution in [2.75, 3.05) is 39.4 Å². The van der Waals surface area contributed by atoms with Crippen LogP contribution in [-0.2, 0) is 32.2 Å². The van der Waals surface area contributed by atoms with E-state index in [9.17, 15) is 9.59 Å². The van der Waals surface area contributed by atoms with Crippen molar-refractivity contribution >= 4 is 11.9 Å². The van der Waals surface area contributed by atoms with Gasteiger partial charge in [0.2, 0.25) is 0 Å². The molecule has 0 saturated carbocycles. The number of hydrogen-bond donors (Lipinski definition) is 0. The van der Waals surface area contributed by atoms with E-state index >= 15 is 0 Å². The Morgan fingerprint density at radius 1 is 0.417 bits per heavy atom. The summed E-state index contributed by atoms with van der Waals surface area (Å²) in [5.41, 5.74) is 2.17. The van der Waals surface area contributed by atoms with Crippen LogP contribution in [0.5, 0.6) is 0 Å². The van der Waals surface area contributed by atoms with Gasteiger partial charge in [0.15, 0.2) is 0 Å². The van der Waals surface area contributed by atoms with Crippen molar-refractivity contribution in [3.8, 4) is 0 Å². The van der Waals surface area contributed by atoms with Crippen molar-refractivity contribution < 1.29 is 19.1 Å². The Kier molecular flexibility index (Phi) is 35.7. The average Bonchev–Trinajstić information content (AvgIpc) is 3.26. The van der Waals surface area contributed by atoms with Crippen LogP contribution in [0.1, 0.15) is 218 Å². The second kappa shape index (κ2) is 40.2. The highest BCUT2D eigenvalue weighted by atomic mass is 16.5. The molecule has 2 aromatic rings. The van der Waals surface area contributed by atoms with Crippen molar-refractivity contribution in [2.24, 2.45) is 0 Å². The molecule has 342 valence electrons. The van der Waals surface area contributed by atoms with Gasteiger partial charge in [-0.2, -0.15) is 0 Å². The number of rotatable bonds is 43. The molecule has 8 heteroatoms. The largest absolute Gasteiger partial charge is 0.466 e. The van der Waals surface area contributed by atoms with Crippen LogP contribution in [0.4, 0.5) is 0 Å². The van der Waals surface area contributed by atoms with Gasteiger partial charge < -0.3 is 14.4 Å². The zero-order valence-electron chi connectivity index (χ0n) is 38.9. The predicted molar refractivity (Wildman–Crippen MR) is 251 cm³/mol. The first-order valence-electron chi connectivity index (χ1n) is 25.2. The van der Waals surface area contributed by atoms with Crippen molar-refractivity contribution in [3.63, 3.8) is 0 Å². The molecule has 60 heavy (non-hydrogen) atoms. The van der Waals surface area contributed by atoms with Crippen molar-refractivity contribution in [3.05, 3.63) is 60.2 Å². The highest BCUT2D eigenvalue weighted by Gasteiger charge is 2.13. The molecule has 0 N–H and O–H groups in total. The number of nitrogens with zero attached hydrogens (tertiary/aromatic N) is 4. The normalized spacial score (nSPS) is 11.5. The van der Waals surface area contributed by atoms with Crippen LogP contribution in [0.25, 0.3) is 0 Å². The van der Waals surface area contributed by atoms with Crippen LogP contribution in [0.3, 0.4) is 0 Å². The minimum atomic E-state index is -0.0222. The van der Waals surface area contributed by atoms with E-state index in [0.29, 0.717) is 26.1 Å². The third-order valence-corrected chi connectivity index (χ3v) is 11.7. The predicted octanol–water partition coefficient (Wildman–Crippen LogP) is 13.6. The zero-order valence-corrected chi connectivity index (χ0v) is 38.9. The standard InChI is InChI=1S/C52H90N4O4/c1-3-5-7-9-11-13-15-23-33-45-59-51(57)37-25-19-17-21-31-41-55(43-44-56(47-49-35-27-29-39-53-49)48-50-36-28-30-40-54-50)42-32-22-18-20-26-38-52(58)60-46-34-24-16-14-12-10-8-6-4-2/h27-30,35-36,39-40H,3-26,31-34,37-38,41-48H2,1-2H3. The average molecular weight is 835 g/mol. The molecule has 2 rings (SSSR count). The first kappa shape index (κ1) is 53.3. The smallest absolute Gasteiger partial charge is 0.305 e. The van der Waals surface area contributed by atoms with E-state index in [1.54, 1.807) is 0 Å². The molecule has 2 aromatic heterocycles. The van der Waals surface area contributed by atoms with E-state index in [1.807, 2.05) is 24.5 Å². The quantitative estimate of drug-likeness (QED) is 0.0482. The SMILES string of the molecule is CCCCCCCCCCCOC(=O)CCCCCCCN(CCCCCCCC(=O)OCCCCCCCCCCC)CCN(Cc1ccccn1)Cc1ccccn1. The molecular formula is C52H90N4O4. The van der Waals surface area contributed by atoms with Crippen LogP contribution in [0.15, 0.2) is 48.8 Å². The molecule has 0 aliphatic heterocycles. The zero-order chi connectivity index (χ0) is 42.8. The second-order valence-corrected chi connectivity index (χ2v) is 17.3. The topological polar surface area (TPSA) is 84.9 Å². The van der Waals surface area contributed by atoms with Gasteiger partial charge in [-0.15, -0.1) is 0 Å². The number of carbonyl (C=O) groups is 2. The van der Waals surface area contributed by atoms with Crippen molar-refractivity contribution in [1.29, 1.82) is 0 Å². The number of ether oxygens (including phenoxy) is 2. The van der Waals surface area contributed by atoms with Crippen LogP contribution < -0.4 is 0 Å². The Bertz CT molecular complexity index is 1140. The maximum absolute atomic E-state index is 12.3. The number of hydrogen-bond acceptors (Lipinski definition) is 8. The van der Waals surface area contributed by atoms with E-state index in [0.717, 1.165) is 102 Å². The molecule has 8 nitrogen and oxygen atoms in total. The van der Waals surface area contributed by atoms with Gasteiger partial charge in [0.05, 0.1) is 24.6 Å². The van der Waals surface area contributed by atoms with E-state index in [2.05, 4.69) is 57.9 Å². The van der Waals surface area contributed by atoms with Gasteiger partial charge in [-0.25, -0.2) is 0 Å². The van der Waals surface area contributed by atoms with Gasteiger partial charge >= 0.3 is 11.9 Å². The molecule has 2 heterocycles. The lowest BCUT2D eigenvalue weighted by Gasteiger charge is -2.27. The first-order chi connectivity index (χ1) is 29.6. The minimum absolute atomic E-state index is 0.0222. The van der Waals surface area contributed by atoms with Gasteiger partial charge in [-0.1, -0.05) is 167 Å². The fourth-order valence-corrected chi connectivity index (χ4v) is 7.89. The summed E-state index contributed by atoms with van der Waals surface area (Å²) in [6, 6.07) is 12.3. The van der Waals surface area contributed by atoms with E-state index < -0.39 is 0 Å². The lowest BCUT2D eigenvalue weighted by atomic mass is 10.1. The van der Waals surface area contributed by atoms with Gasteiger partial charge in [0, 0.05) is 51.4 Å². The minimum Gasteiger partial charge on any atom is -0.466 e. The lowest BCUT2D eigenvalue weighted by molar-refractivity contribution is -0.144. The molecule has 0 radical (unpaired) electrons. The van der Waals surface area contributed by atoms with Crippen LogP contribution in [0, 0.1) is 0 Å². The molecule has 0 fully saturated rings. The monoisotopic (exact) mass is 835 g/mol. The summed E-state index contributed by atoms with van der Waals surface area (Å²) in [5, 5.41) is 0. The molecule has 0 amide bonds. The van der Waals surface area contributed by atoms with Gasteiger partial charge in [-0.3, -0.25) is 24.5 Å². The molecule has 0 aliphatic rings. The van der Waals surface area contributed by atoms with Gasteiger partial charge in [0.1, 0.15) is 0 Å². The van der Waals surface area contributed by atoms with E-state index in [4.69, 9.17) is 9.47 Å². The number of unbranched alkanes of at least 4 members (excludes halogenated alkanes) is 24. The summed E-state index contributed by atoms with van der Waals surface area (Å²) in [5.74, 6) is -0.0445. The molecule has 0 saturated heterocycles. The molecule has 0 atom stereocenters.